The Hall–Kier alpha value is -1.56. The van der Waals surface area contributed by atoms with Gasteiger partial charge in [-0.1, -0.05) is 11.6 Å². The van der Waals surface area contributed by atoms with Crippen LogP contribution in [0.2, 0.25) is 5.02 Å². The van der Waals surface area contributed by atoms with E-state index in [0.29, 0.717) is 23.9 Å². The van der Waals surface area contributed by atoms with Gasteiger partial charge in [0.2, 0.25) is 0 Å². The van der Waals surface area contributed by atoms with Gasteiger partial charge in [-0.15, -0.1) is 0 Å². The molecular weight excluding hydrogens is 292 g/mol. The third kappa shape index (κ3) is 2.77. The molecule has 1 aromatic carbocycles. The lowest BCUT2D eigenvalue weighted by atomic mass is 10.2. The number of nitrogens with one attached hydrogen (secondary N) is 1. The summed E-state index contributed by atoms with van der Waals surface area (Å²) >= 11 is 5.96. The minimum absolute atomic E-state index is 0.0182. The summed E-state index contributed by atoms with van der Waals surface area (Å²) in [7, 11) is 0. The number of morpholine rings is 1. The zero-order valence-electron chi connectivity index (χ0n) is 11.7. The van der Waals surface area contributed by atoms with E-state index in [9.17, 15) is 9.90 Å². The van der Waals surface area contributed by atoms with E-state index in [1.165, 1.54) is 0 Å². The molecule has 2 N–H and O–H groups in total. The lowest BCUT2D eigenvalue weighted by Crippen LogP contribution is -2.52. The van der Waals surface area contributed by atoms with Crippen LogP contribution in [0.1, 0.15) is 17.4 Å². The van der Waals surface area contributed by atoms with E-state index in [1.54, 1.807) is 17.0 Å². The lowest BCUT2D eigenvalue weighted by molar-refractivity contribution is -0.0668. The van der Waals surface area contributed by atoms with Gasteiger partial charge in [-0.05, 0) is 31.2 Å². The smallest absolute Gasteiger partial charge is 0.270 e. The Kier molecular flexibility index (Phi) is 3.89. The van der Waals surface area contributed by atoms with Crippen LogP contribution in [0.4, 0.5) is 0 Å². The number of hydrogen-bond acceptors (Lipinski definition) is 3. The zero-order chi connectivity index (χ0) is 15.0. The molecule has 0 bridgehead atoms. The number of carbonyl (C=O) groups is 1. The Morgan fingerprint density at radius 3 is 3.10 bits per heavy atom. The van der Waals surface area contributed by atoms with Gasteiger partial charge in [0.25, 0.3) is 5.91 Å². The molecule has 112 valence electrons. The topological polar surface area (TPSA) is 65.6 Å². The molecule has 5 nitrogen and oxygen atoms in total. The SMILES string of the molecule is CC1COC(CO)CN1C(=O)c1cc2cc(Cl)ccc2[nH]1. The van der Waals surface area contributed by atoms with Crippen LogP contribution in [0.3, 0.4) is 0 Å². The van der Waals surface area contributed by atoms with Crippen molar-refractivity contribution in [3.63, 3.8) is 0 Å². The fraction of sp³-hybridized carbons (Fsp3) is 0.400. The summed E-state index contributed by atoms with van der Waals surface area (Å²) in [5, 5.41) is 10.8. The number of aromatic nitrogens is 1. The van der Waals surface area contributed by atoms with Crippen molar-refractivity contribution < 1.29 is 14.6 Å². The Morgan fingerprint density at radius 2 is 2.33 bits per heavy atom. The number of fused-ring (bicyclic) bond motifs is 1. The summed E-state index contributed by atoms with van der Waals surface area (Å²) in [5.74, 6) is -0.0865. The number of rotatable bonds is 2. The second-order valence-electron chi connectivity index (χ2n) is 5.36. The van der Waals surface area contributed by atoms with Crippen LogP contribution in [0.25, 0.3) is 10.9 Å². The Morgan fingerprint density at radius 1 is 1.52 bits per heavy atom. The van der Waals surface area contributed by atoms with Crippen molar-refractivity contribution in [2.45, 2.75) is 19.1 Å². The molecule has 1 aliphatic rings. The summed E-state index contributed by atoms with van der Waals surface area (Å²) in [6.07, 6.45) is -0.316. The molecule has 0 radical (unpaired) electrons. The third-order valence-electron chi connectivity index (χ3n) is 3.78. The van der Waals surface area contributed by atoms with Crippen molar-refractivity contribution in [3.05, 3.63) is 35.0 Å². The molecule has 3 rings (SSSR count). The first kappa shape index (κ1) is 14.4. The van der Waals surface area contributed by atoms with Gasteiger partial charge in [0.1, 0.15) is 5.69 Å². The molecule has 1 amide bonds. The summed E-state index contributed by atoms with van der Waals surface area (Å²) in [5.41, 5.74) is 1.40. The summed E-state index contributed by atoms with van der Waals surface area (Å²) in [4.78, 5) is 17.5. The molecule has 0 aliphatic carbocycles. The molecule has 21 heavy (non-hydrogen) atoms. The number of carbonyl (C=O) groups excluding carboxylic acids is 1. The van der Waals surface area contributed by atoms with Crippen molar-refractivity contribution in [1.82, 2.24) is 9.88 Å². The molecule has 6 heteroatoms. The standard InChI is InChI=1S/C15H17ClN2O3/c1-9-8-21-12(7-19)6-18(9)15(20)14-5-10-4-11(16)2-3-13(10)17-14/h2-5,9,12,17,19H,6-8H2,1H3. The fourth-order valence-electron chi connectivity index (χ4n) is 2.58. The summed E-state index contributed by atoms with van der Waals surface area (Å²) < 4.78 is 5.46. The molecule has 1 fully saturated rings. The van der Waals surface area contributed by atoms with Crippen molar-refractivity contribution in [2.75, 3.05) is 19.8 Å². The van der Waals surface area contributed by atoms with Crippen LogP contribution in [0.5, 0.6) is 0 Å². The van der Waals surface area contributed by atoms with Gasteiger partial charge in [-0.2, -0.15) is 0 Å². The maximum absolute atomic E-state index is 12.7. The number of aliphatic hydroxyl groups is 1. The van der Waals surface area contributed by atoms with Crippen LogP contribution in [-0.2, 0) is 4.74 Å². The highest BCUT2D eigenvalue weighted by molar-refractivity contribution is 6.31. The number of hydrogen-bond donors (Lipinski definition) is 2. The second-order valence-corrected chi connectivity index (χ2v) is 5.80. The number of aromatic amines is 1. The minimum Gasteiger partial charge on any atom is -0.394 e. The molecule has 0 saturated carbocycles. The molecule has 1 saturated heterocycles. The lowest BCUT2D eigenvalue weighted by Gasteiger charge is -2.37. The first-order chi connectivity index (χ1) is 10.1. The molecule has 1 aliphatic heterocycles. The number of amides is 1. The van der Waals surface area contributed by atoms with Crippen LogP contribution in [0, 0.1) is 0 Å². The Balaban J connectivity index is 1.88. The zero-order valence-corrected chi connectivity index (χ0v) is 12.4. The van der Waals surface area contributed by atoms with Crippen LogP contribution in [-0.4, -0.2) is 52.8 Å². The molecule has 2 atom stereocenters. The maximum Gasteiger partial charge on any atom is 0.270 e. The largest absolute Gasteiger partial charge is 0.394 e. The van der Waals surface area contributed by atoms with E-state index in [2.05, 4.69) is 4.98 Å². The van der Waals surface area contributed by atoms with E-state index in [0.717, 1.165) is 10.9 Å². The number of benzene rings is 1. The molecule has 0 spiro atoms. The molecule has 2 aromatic rings. The molecule has 1 aromatic heterocycles. The van der Waals surface area contributed by atoms with Gasteiger partial charge in [0.05, 0.1) is 25.4 Å². The molecule has 2 unspecified atom stereocenters. The van der Waals surface area contributed by atoms with Crippen molar-refractivity contribution in [3.8, 4) is 0 Å². The highest BCUT2D eigenvalue weighted by Crippen LogP contribution is 2.22. The molecular formula is C15H17ClN2O3. The second kappa shape index (κ2) is 5.67. The van der Waals surface area contributed by atoms with Crippen molar-refractivity contribution >= 4 is 28.4 Å². The number of halogens is 1. The number of H-pyrrole nitrogens is 1. The van der Waals surface area contributed by atoms with Crippen LogP contribution in [0.15, 0.2) is 24.3 Å². The summed E-state index contributed by atoms with van der Waals surface area (Å²) in [6, 6.07) is 7.25. The van der Waals surface area contributed by atoms with E-state index in [1.807, 2.05) is 19.1 Å². The number of ether oxygens (including phenoxy) is 1. The summed E-state index contributed by atoms with van der Waals surface area (Å²) in [6.45, 7) is 2.68. The van der Waals surface area contributed by atoms with Crippen molar-refractivity contribution in [2.24, 2.45) is 0 Å². The minimum atomic E-state index is -0.316. The molecule has 2 heterocycles. The van der Waals surface area contributed by atoms with Crippen LogP contribution < -0.4 is 0 Å². The average Bonchev–Trinajstić information content (AvgIpc) is 2.90. The maximum atomic E-state index is 12.7. The van der Waals surface area contributed by atoms with Crippen molar-refractivity contribution in [1.29, 1.82) is 0 Å². The quantitative estimate of drug-likeness (QED) is 0.892. The van der Waals surface area contributed by atoms with E-state index < -0.39 is 0 Å². The van der Waals surface area contributed by atoms with E-state index in [-0.39, 0.29) is 24.7 Å². The van der Waals surface area contributed by atoms with Gasteiger partial charge >= 0.3 is 0 Å². The Labute approximate surface area is 127 Å². The van der Waals surface area contributed by atoms with E-state index >= 15 is 0 Å². The predicted molar refractivity (Wildman–Crippen MR) is 80.6 cm³/mol. The van der Waals surface area contributed by atoms with Gasteiger partial charge in [0, 0.05) is 22.5 Å². The van der Waals surface area contributed by atoms with Gasteiger partial charge < -0.3 is 19.7 Å². The first-order valence-electron chi connectivity index (χ1n) is 6.90. The van der Waals surface area contributed by atoms with Crippen LogP contribution >= 0.6 is 11.6 Å². The first-order valence-corrected chi connectivity index (χ1v) is 7.28. The monoisotopic (exact) mass is 308 g/mol. The van der Waals surface area contributed by atoms with Gasteiger partial charge in [-0.25, -0.2) is 0 Å². The van der Waals surface area contributed by atoms with E-state index in [4.69, 9.17) is 16.3 Å². The highest BCUT2D eigenvalue weighted by atomic mass is 35.5. The normalized spacial score (nSPS) is 22.7. The number of aliphatic hydroxyl groups excluding tert-OH is 1. The number of nitrogens with zero attached hydrogens (tertiary/aromatic N) is 1. The van der Waals surface area contributed by atoms with Gasteiger partial charge in [0.15, 0.2) is 0 Å². The third-order valence-corrected chi connectivity index (χ3v) is 4.02. The fourth-order valence-corrected chi connectivity index (χ4v) is 2.76. The highest BCUT2D eigenvalue weighted by Gasteiger charge is 2.30. The predicted octanol–water partition coefficient (Wildman–Crippen LogP) is 2.04. The van der Waals surface area contributed by atoms with Gasteiger partial charge in [-0.3, -0.25) is 4.79 Å². The Bertz CT molecular complexity index is 670. The average molecular weight is 309 g/mol.